The number of hydrogen-bond donors (Lipinski definition) is 2. The molecule has 1 saturated carbocycles. The van der Waals surface area contributed by atoms with Crippen LogP contribution in [0, 0.1) is 11.3 Å². The summed E-state index contributed by atoms with van der Waals surface area (Å²) in [6.07, 6.45) is 2.53. The molecule has 1 aliphatic carbocycles. The number of amides is 1. The normalized spacial score (nSPS) is 31.4. The molecule has 0 radical (unpaired) electrons. The Kier molecular flexibility index (Phi) is 3.04. The number of nitrogens with one attached hydrogen (secondary N) is 2. The summed E-state index contributed by atoms with van der Waals surface area (Å²) < 4.78 is 7.48. The van der Waals surface area contributed by atoms with E-state index in [1.165, 1.54) is 18.5 Å². The molecular weight excluding hydrogens is 268 g/mol. The number of aryl methyl sites for hydroxylation is 1. The topological polar surface area (TPSA) is 68.2 Å². The number of hydrogen-bond acceptors (Lipinski definition) is 4. The summed E-state index contributed by atoms with van der Waals surface area (Å²) in [5.74, 6) is 1.09. The van der Waals surface area contributed by atoms with E-state index in [1.807, 2.05) is 11.7 Å². The quantitative estimate of drug-likeness (QED) is 0.828. The summed E-state index contributed by atoms with van der Waals surface area (Å²) in [6.45, 7) is 3.33. The maximum atomic E-state index is 12.6. The third-order valence-corrected chi connectivity index (χ3v) is 5.14. The van der Waals surface area contributed by atoms with Crippen molar-refractivity contribution in [2.75, 3.05) is 26.3 Å². The fourth-order valence-electron chi connectivity index (χ4n) is 3.65. The molecule has 1 aromatic heterocycles. The smallest absolute Gasteiger partial charge is 0.230 e. The first-order valence-electron chi connectivity index (χ1n) is 7.78. The van der Waals surface area contributed by atoms with Crippen molar-refractivity contribution >= 4 is 5.91 Å². The second-order valence-electron chi connectivity index (χ2n) is 6.64. The Morgan fingerprint density at radius 2 is 2.48 bits per heavy atom. The van der Waals surface area contributed by atoms with Gasteiger partial charge in [0, 0.05) is 37.7 Å². The van der Waals surface area contributed by atoms with E-state index in [0.717, 1.165) is 18.8 Å². The van der Waals surface area contributed by atoms with Crippen molar-refractivity contribution in [3.8, 4) is 0 Å². The van der Waals surface area contributed by atoms with Crippen LogP contribution in [0.3, 0.4) is 0 Å². The lowest BCUT2D eigenvalue weighted by Gasteiger charge is -2.24. The Bertz CT molecular complexity index is 554. The summed E-state index contributed by atoms with van der Waals surface area (Å²) in [7, 11) is 1.99. The van der Waals surface area contributed by atoms with Crippen LogP contribution in [0.25, 0.3) is 0 Å². The predicted octanol–water partition coefficient (Wildman–Crippen LogP) is 0.150. The number of fused-ring (bicyclic) bond motifs is 1. The number of rotatable bonds is 4. The molecule has 6 nitrogen and oxygen atoms in total. The van der Waals surface area contributed by atoms with Gasteiger partial charge in [-0.25, -0.2) is 0 Å². The molecule has 6 heteroatoms. The lowest BCUT2D eigenvalue weighted by molar-refractivity contribution is -0.131. The molecule has 2 N–H and O–H groups in total. The molecule has 0 aromatic carbocycles. The highest BCUT2D eigenvalue weighted by Gasteiger charge is 2.52. The second-order valence-corrected chi connectivity index (χ2v) is 6.64. The van der Waals surface area contributed by atoms with Crippen LogP contribution in [0.2, 0.25) is 0 Å². The maximum Gasteiger partial charge on any atom is 0.230 e. The average Bonchev–Trinajstić information content (AvgIpc) is 2.92. The van der Waals surface area contributed by atoms with Crippen LogP contribution < -0.4 is 10.6 Å². The Morgan fingerprint density at radius 3 is 3.29 bits per heavy atom. The standard InChI is InChI=1S/C15H22N4O2/c1-19-13(10-2-3-10)4-12(18-19)6-17-14(20)15-8-16-5-11(15)7-21-9-15/h4,10-11,16H,2-3,5-9H2,1H3,(H,17,20)/t11-,15-/m0/s1. The van der Waals surface area contributed by atoms with Crippen molar-refractivity contribution < 1.29 is 9.53 Å². The summed E-state index contributed by atoms with van der Waals surface area (Å²) in [5.41, 5.74) is 1.88. The van der Waals surface area contributed by atoms with Gasteiger partial charge in [-0.3, -0.25) is 9.48 Å². The van der Waals surface area contributed by atoms with Gasteiger partial charge in [0.05, 0.1) is 30.9 Å². The molecule has 0 bridgehead atoms. The molecule has 21 heavy (non-hydrogen) atoms. The van der Waals surface area contributed by atoms with E-state index in [4.69, 9.17) is 4.74 Å². The van der Waals surface area contributed by atoms with E-state index in [-0.39, 0.29) is 11.3 Å². The number of aromatic nitrogens is 2. The zero-order chi connectivity index (χ0) is 14.4. The van der Waals surface area contributed by atoms with Gasteiger partial charge in [-0.15, -0.1) is 0 Å². The van der Waals surface area contributed by atoms with Crippen molar-refractivity contribution in [3.63, 3.8) is 0 Å². The molecular formula is C15H22N4O2. The van der Waals surface area contributed by atoms with Crippen molar-refractivity contribution in [3.05, 3.63) is 17.5 Å². The van der Waals surface area contributed by atoms with E-state index in [0.29, 0.717) is 31.6 Å². The monoisotopic (exact) mass is 290 g/mol. The molecule has 4 rings (SSSR count). The van der Waals surface area contributed by atoms with E-state index in [2.05, 4.69) is 21.8 Å². The Labute approximate surface area is 124 Å². The molecule has 1 aromatic rings. The molecule has 3 fully saturated rings. The molecule has 2 saturated heterocycles. The summed E-state index contributed by atoms with van der Waals surface area (Å²) in [5, 5.41) is 10.9. The molecule has 1 amide bonds. The van der Waals surface area contributed by atoms with Crippen molar-refractivity contribution in [1.29, 1.82) is 0 Å². The second kappa shape index (κ2) is 4.81. The highest BCUT2D eigenvalue weighted by Crippen LogP contribution is 2.40. The average molecular weight is 290 g/mol. The van der Waals surface area contributed by atoms with Gasteiger partial charge in [0.1, 0.15) is 0 Å². The molecule has 0 unspecified atom stereocenters. The van der Waals surface area contributed by atoms with E-state index in [1.54, 1.807) is 0 Å². The largest absolute Gasteiger partial charge is 0.380 e. The SMILES string of the molecule is Cn1nc(CNC(=O)[C@]23CNC[C@H]2COC3)cc1C1CC1. The molecule has 0 spiro atoms. The summed E-state index contributed by atoms with van der Waals surface area (Å²) >= 11 is 0. The maximum absolute atomic E-state index is 12.6. The third-order valence-electron chi connectivity index (χ3n) is 5.14. The van der Waals surface area contributed by atoms with Crippen LogP contribution in [0.4, 0.5) is 0 Å². The number of ether oxygens (including phenoxy) is 1. The Hall–Kier alpha value is -1.40. The van der Waals surface area contributed by atoms with Crippen LogP contribution in [0.5, 0.6) is 0 Å². The lowest BCUT2D eigenvalue weighted by atomic mass is 9.80. The fraction of sp³-hybridized carbons (Fsp3) is 0.733. The Balaban J connectivity index is 1.42. The number of nitrogens with zero attached hydrogens (tertiary/aromatic N) is 2. The minimum Gasteiger partial charge on any atom is -0.380 e. The van der Waals surface area contributed by atoms with Crippen molar-refractivity contribution in [2.24, 2.45) is 18.4 Å². The van der Waals surface area contributed by atoms with Gasteiger partial charge in [-0.2, -0.15) is 5.10 Å². The van der Waals surface area contributed by atoms with Crippen LogP contribution in [-0.2, 0) is 23.1 Å². The Morgan fingerprint density at radius 1 is 1.62 bits per heavy atom. The minimum atomic E-state index is -0.367. The first-order valence-corrected chi connectivity index (χ1v) is 7.78. The highest BCUT2D eigenvalue weighted by molar-refractivity contribution is 5.84. The van der Waals surface area contributed by atoms with Gasteiger partial charge in [0.25, 0.3) is 0 Å². The molecule has 3 aliphatic rings. The molecule has 2 aliphatic heterocycles. The van der Waals surface area contributed by atoms with Gasteiger partial charge in [-0.05, 0) is 18.9 Å². The first kappa shape index (κ1) is 13.3. The predicted molar refractivity (Wildman–Crippen MR) is 76.6 cm³/mol. The number of carbonyl (C=O) groups excluding carboxylic acids is 1. The van der Waals surface area contributed by atoms with Crippen molar-refractivity contribution in [2.45, 2.75) is 25.3 Å². The highest BCUT2D eigenvalue weighted by atomic mass is 16.5. The van der Waals surface area contributed by atoms with E-state index < -0.39 is 0 Å². The third kappa shape index (κ3) is 2.17. The number of carbonyl (C=O) groups is 1. The van der Waals surface area contributed by atoms with Gasteiger partial charge < -0.3 is 15.4 Å². The van der Waals surface area contributed by atoms with Crippen LogP contribution >= 0.6 is 0 Å². The molecule has 2 atom stereocenters. The fourth-order valence-corrected chi connectivity index (χ4v) is 3.65. The van der Waals surface area contributed by atoms with Crippen molar-refractivity contribution in [1.82, 2.24) is 20.4 Å². The van der Waals surface area contributed by atoms with Crippen LogP contribution in [-0.4, -0.2) is 42.0 Å². The van der Waals surface area contributed by atoms with E-state index >= 15 is 0 Å². The van der Waals surface area contributed by atoms with Crippen LogP contribution in [0.15, 0.2) is 6.07 Å². The molecule has 114 valence electrons. The van der Waals surface area contributed by atoms with Gasteiger partial charge in [-0.1, -0.05) is 0 Å². The van der Waals surface area contributed by atoms with Gasteiger partial charge in [0.2, 0.25) is 5.91 Å². The summed E-state index contributed by atoms with van der Waals surface area (Å²) in [6, 6.07) is 2.13. The first-order chi connectivity index (χ1) is 10.2. The van der Waals surface area contributed by atoms with E-state index in [9.17, 15) is 4.79 Å². The minimum absolute atomic E-state index is 0.105. The summed E-state index contributed by atoms with van der Waals surface area (Å²) in [4.78, 5) is 12.6. The lowest BCUT2D eigenvalue weighted by Crippen LogP contribution is -2.46. The molecule has 3 heterocycles. The van der Waals surface area contributed by atoms with Gasteiger partial charge >= 0.3 is 0 Å². The zero-order valence-corrected chi connectivity index (χ0v) is 12.4. The zero-order valence-electron chi connectivity index (χ0n) is 12.4. The van der Waals surface area contributed by atoms with Gasteiger partial charge in [0.15, 0.2) is 0 Å². The van der Waals surface area contributed by atoms with Crippen LogP contribution in [0.1, 0.15) is 30.1 Å².